The van der Waals surface area contributed by atoms with Crippen molar-refractivity contribution in [3.05, 3.63) is 133 Å². The molecule has 1 saturated heterocycles. The number of amides is 1. The zero-order valence-corrected chi connectivity index (χ0v) is 26.1. The molecule has 3 N–H and O–H groups in total. The second-order valence-corrected chi connectivity index (χ2v) is 11.5. The van der Waals surface area contributed by atoms with E-state index < -0.39 is 47.0 Å². The molecule has 1 aliphatic rings. The summed E-state index contributed by atoms with van der Waals surface area (Å²) in [5.41, 5.74) is 5.44. The molecule has 0 saturated carbocycles. The lowest BCUT2D eigenvalue weighted by molar-refractivity contribution is -0.138. The first-order valence-corrected chi connectivity index (χ1v) is 15.2. The molecular weight excluding hydrogens is 616 g/mol. The van der Waals surface area contributed by atoms with Crippen molar-refractivity contribution in [2.75, 3.05) is 38.1 Å². The summed E-state index contributed by atoms with van der Waals surface area (Å²) in [6, 6.07) is 18.0. The molecule has 1 amide bonds. The minimum Gasteiger partial charge on any atom is -0.363 e. The third kappa shape index (κ3) is 7.31. The fraction of sp³-hybridized carbons (Fsp3) is 0.324. The molecule has 1 aliphatic heterocycles. The summed E-state index contributed by atoms with van der Waals surface area (Å²) in [5, 5.41) is 2.61. The predicted molar refractivity (Wildman–Crippen MR) is 171 cm³/mol. The van der Waals surface area contributed by atoms with Crippen molar-refractivity contribution in [1.29, 1.82) is 0 Å². The smallest absolute Gasteiger partial charge is 0.363 e. The van der Waals surface area contributed by atoms with Crippen molar-refractivity contribution in [2.24, 2.45) is 5.73 Å². The summed E-state index contributed by atoms with van der Waals surface area (Å²) >= 11 is 0. The van der Waals surface area contributed by atoms with E-state index in [2.05, 4.69) is 10.2 Å². The number of nitrogens with one attached hydrogen (secondary N) is 1. The van der Waals surface area contributed by atoms with Crippen molar-refractivity contribution < 1.29 is 22.4 Å². The van der Waals surface area contributed by atoms with Crippen LogP contribution < -0.4 is 27.2 Å². The van der Waals surface area contributed by atoms with Gasteiger partial charge in [-0.05, 0) is 42.3 Å². The lowest BCUT2D eigenvalue weighted by atomic mass is 10.1. The van der Waals surface area contributed by atoms with Gasteiger partial charge in [-0.2, -0.15) is 13.2 Å². The van der Waals surface area contributed by atoms with Gasteiger partial charge in [0.15, 0.2) is 0 Å². The Morgan fingerprint density at radius 1 is 0.915 bits per heavy atom. The lowest BCUT2D eigenvalue weighted by Gasteiger charge is -2.37. The Kier molecular flexibility index (Phi) is 9.96. The number of carbonyl (C=O) groups excluding carboxylic acids is 1. The van der Waals surface area contributed by atoms with Gasteiger partial charge < -0.3 is 16.0 Å². The Bertz CT molecular complexity index is 1860. The molecule has 4 aromatic rings. The average Bonchev–Trinajstić information content (AvgIpc) is 3.06. The molecule has 47 heavy (non-hydrogen) atoms. The molecule has 248 valence electrons. The summed E-state index contributed by atoms with van der Waals surface area (Å²) in [4.78, 5) is 43.9. The molecule has 9 nitrogen and oxygen atoms in total. The molecule has 1 aromatic heterocycles. The van der Waals surface area contributed by atoms with Crippen LogP contribution in [0.2, 0.25) is 0 Å². The second-order valence-electron chi connectivity index (χ2n) is 11.5. The summed E-state index contributed by atoms with van der Waals surface area (Å²) < 4.78 is 58.7. The number of nitrogens with two attached hydrogens (primary N) is 1. The number of anilines is 1. The van der Waals surface area contributed by atoms with Gasteiger partial charge in [-0.1, -0.05) is 48.5 Å². The molecule has 1 fully saturated rings. The maximum atomic E-state index is 15.0. The van der Waals surface area contributed by atoms with E-state index in [0.29, 0.717) is 43.9 Å². The minimum absolute atomic E-state index is 0.132. The number of halogens is 4. The third-order valence-electron chi connectivity index (χ3n) is 8.52. The highest BCUT2D eigenvalue weighted by Gasteiger charge is 2.35. The minimum atomic E-state index is -4.86. The molecule has 0 aliphatic carbocycles. The number of hydrogen-bond donors (Lipinski definition) is 2. The number of rotatable bonds is 9. The normalized spacial score (nSPS) is 14.7. The highest BCUT2D eigenvalue weighted by atomic mass is 19.4. The maximum Gasteiger partial charge on any atom is 0.416 e. The number of carbonyl (C=O) groups is 1. The molecule has 1 atom stereocenters. The number of aromatic nitrogens is 2. The van der Waals surface area contributed by atoms with Crippen LogP contribution in [0.25, 0.3) is 0 Å². The van der Waals surface area contributed by atoms with Crippen LogP contribution in [0.3, 0.4) is 0 Å². The number of nitrogens with zero attached hydrogens (tertiary/aromatic N) is 4. The zero-order chi connectivity index (χ0) is 33.9. The molecule has 0 unspecified atom stereocenters. The van der Waals surface area contributed by atoms with Crippen LogP contribution in [0.1, 0.15) is 44.3 Å². The SMILES string of the molecule is CNC(=O)c1cccc(CN2CCN(c3c(C)n(Cc4c(F)cccc4C(F)(F)F)c(=O)n(C[C@H](N)c4ccccc4)c3=O)CC2)c1. The molecule has 0 bridgehead atoms. The van der Waals surface area contributed by atoms with Crippen molar-refractivity contribution in [3.63, 3.8) is 0 Å². The number of piperazine rings is 1. The molecular formula is C34H36F4N6O3. The molecule has 5 rings (SSSR count). The highest BCUT2D eigenvalue weighted by molar-refractivity contribution is 5.94. The quantitative estimate of drug-likeness (QED) is 0.266. The van der Waals surface area contributed by atoms with Crippen molar-refractivity contribution >= 4 is 11.6 Å². The van der Waals surface area contributed by atoms with E-state index in [1.165, 1.54) is 6.92 Å². The fourth-order valence-corrected chi connectivity index (χ4v) is 5.99. The Balaban J connectivity index is 1.50. The predicted octanol–water partition coefficient (Wildman–Crippen LogP) is 3.91. The van der Waals surface area contributed by atoms with E-state index in [4.69, 9.17) is 5.73 Å². The zero-order valence-electron chi connectivity index (χ0n) is 26.1. The molecule has 2 heterocycles. The van der Waals surface area contributed by atoms with Crippen LogP contribution in [0.4, 0.5) is 23.2 Å². The molecule has 0 spiro atoms. The van der Waals surface area contributed by atoms with Crippen molar-refractivity contribution in [3.8, 4) is 0 Å². The van der Waals surface area contributed by atoms with Gasteiger partial charge in [0, 0.05) is 62.6 Å². The number of hydrogen-bond acceptors (Lipinski definition) is 6. The number of benzene rings is 3. The topological polar surface area (TPSA) is 106 Å². The second kappa shape index (κ2) is 13.9. The maximum absolute atomic E-state index is 15.0. The monoisotopic (exact) mass is 652 g/mol. The van der Waals surface area contributed by atoms with Gasteiger partial charge >= 0.3 is 11.9 Å². The van der Waals surface area contributed by atoms with E-state index in [0.717, 1.165) is 32.9 Å². The summed E-state index contributed by atoms with van der Waals surface area (Å²) in [6.45, 7) is 2.88. The van der Waals surface area contributed by atoms with Crippen LogP contribution in [0.5, 0.6) is 0 Å². The Morgan fingerprint density at radius 2 is 1.60 bits per heavy atom. The van der Waals surface area contributed by atoms with Crippen LogP contribution in [0.15, 0.2) is 82.4 Å². The fourth-order valence-electron chi connectivity index (χ4n) is 5.99. The van der Waals surface area contributed by atoms with Gasteiger partial charge in [-0.3, -0.25) is 23.6 Å². The van der Waals surface area contributed by atoms with Crippen molar-refractivity contribution in [1.82, 2.24) is 19.4 Å². The number of alkyl halides is 3. The largest absolute Gasteiger partial charge is 0.416 e. The van der Waals surface area contributed by atoms with E-state index >= 15 is 0 Å². The summed E-state index contributed by atoms with van der Waals surface area (Å²) in [6.07, 6.45) is -4.86. The van der Waals surface area contributed by atoms with Gasteiger partial charge in [0.1, 0.15) is 11.5 Å². The molecule has 0 radical (unpaired) electrons. The standard InChI is InChI=1S/C34H36F4N6O3/c1-22-30(42-16-14-41(15-17-42)19-23-8-6-11-25(18-23)31(45)40-2)32(46)44(21-29(39)24-9-4-3-5-10-24)33(47)43(22)20-26-27(34(36,37)38)12-7-13-28(26)35/h3-13,18,29H,14-17,19-21,39H2,1-2H3,(H,40,45)/t29-/m0/s1. The average molecular weight is 653 g/mol. The van der Waals surface area contributed by atoms with Crippen LogP contribution in [0, 0.1) is 12.7 Å². The van der Waals surface area contributed by atoms with Crippen LogP contribution in [-0.4, -0.2) is 53.2 Å². The van der Waals surface area contributed by atoms with Gasteiger partial charge in [-0.15, -0.1) is 0 Å². The van der Waals surface area contributed by atoms with E-state index in [1.54, 1.807) is 43.4 Å². The summed E-state index contributed by atoms with van der Waals surface area (Å²) in [5.74, 6) is -1.30. The Hall–Kier alpha value is -4.75. The Labute approximate surface area is 268 Å². The van der Waals surface area contributed by atoms with E-state index in [9.17, 15) is 31.9 Å². The molecule has 3 aromatic carbocycles. The molecule has 13 heteroatoms. The van der Waals surface area contributed by atoms with E-state index in [1.807, 2.05) is 23.1 Å². The van der Waals surface area contributed by atoms with Gasteiger partial charge in [-0.25, -0.2) is 9.18 Å². The lowest BCUT2D eigenvalue weighted by Crippen LogP contribution is -2.51. The van der Waals surface area contributed by atoms with Gasteiger partial charge in [0.2, 0.25) is 0 Å². The van der Waals surface area contributed by atoms with Gasteiger partial charge in [0.05, 0.1) is 18.7 Å². The van der Waals surface area contributed by atoms with Crippen LogP contribution >= 0.6 is 0 Å². The summed E-state index contributed by atoms with van der Waals surface area (Å²) in [7, 11) is 1.56. The highest BCUT2D eigenvalue weighted by Crippen LogP contribution is 2.33. The van der Waals surface area contributed by atoms with Crippen LogP contribution in [-0.2, 0) is 25.8 Å². The first-order valence-electron chi connectivity index (χ1n) is 15.2. The van der Waals surface area contributed by atoms with Gasteiger partial charge in [0.25, 0.3) is 11.5 Å². The van der Waals surface area contributed by atoms with Crippen molar-refractivity contribution in [2.45, 2.75) is 38.8 Å². The first kappa shape index (κ1) is 33.6. The Morgan fingerprint density at radius 3 is 2.26 bits per heavy atom. The third-order valence-corrected chi connectivity index (χ3v) is 8.52. The van der Waals surface area contributed by atoms with E-state index in [-0.39, 0.29) is 23.8 Å². The first-order chi connectivity index (χ1) is 22.4.